The zero-order valence-corrected chi connectivity index (χ0v) is 16.9. The maximum Gasteiger partial charge on any atom is 0.224 e. The molecule has 27 heavy (non-hydrogen) atoms. The summed E-state index contributed by atoms with van der Waals surface area (Å²) in [4.78, 5) is 27.6. The number of carbonyl (C=O) groups is 2. The van der Waals surface area contributed by atoms with Crippen LogP contribution >= 0.6 is 0 Å². The summed E-state index contributed by atoms with van der Waals surface area (Å²) in [6, 6.07) is 4.79. The van der Waals surface area contributed by atoms with E-state index in [0.717, 1.165) is 0 Å². The molecule has 9 heteroatoms. The Morgan fingerprint density at radius 3 is 2.44 bits per heavy atom. The molecule has 1 aliphatic rings. The smallest absolute Gasteiger partial charge is 0.224 e. The minimum Gasteiger partial charge on any atom is -0.497 e. The van der Waals surface area contributed by atoms with Gasteiger partial charge in [-0.1, -0.05) is 0 Å². The van der Waals surface area contributed by atoms with Crippen LogP contribution in [-0.4, -0.2) is 70.5 Å². The summed E-state index contributed by atoms with van der Waals surface area (Å²) in [6.45, 7) is 1.57. The van der Waals surface area contributed by atoms with Crippen LogP contribution in [0.3, 0.4) is 0 Å². The number of carbonyl (C=O) groups excluding carboxylic acids is 2. The lowest BCUT2D eigenvalue weighted by molar-refractivity contribution is -0.131. The molecule has 0 saturated carbocycles. The summed E-state index contributed by atoms with van der Waals surface area (Å²) in [5, 5.41) is 0. The minimum atomic E-state index is -3.07. The van der Waals surface area contributed by atoms with Gasteiger partial charge in [0.05, 0.1) is 31.4 Å². The molecule has 1 aromatic rings. The number of benzene rings is 1. The predicted octanol–water partition coefficient (Wildman–Crippen LogP) is 1.09. The van der Waals surface area contributed by atoms with Crippen molar-refractivity contribution >= 4 is 27.3 Å². The zero-order valence-electron chi connectivity index (χ0n) is 16.1. The van der Waals surface area contributed by atoms with Crippen LogP contribution in [0, 0.1) is 0 Å². The van der Waals surface area contributed by atoms with Gasteiger partial charge in [-0.3, -0.25) is 9.59 Å². The summed E-state index contributed by atoms with van der Waals surface area (Å²) in [5.41, 5.74) is 0.517. The van der Waals surface area contributed by atoms with Crippen LogP contribution in [0.4, 0.5) is 5.69 Å². The van der Waals surface area contributed by atoms with E-state index in [4.69, 9.17) is 9.47 Å². The third kappa shape index (κ3) is 5.12. The Kier molecular flexibility index (Phi) is 6.69. The largest absolute Gasteiger partial charge is 0.497 e. The first-order valence-corrected chi connectivity index (χ1v) is 10.5. The van der Waals surface area contributed by atoms with Crippen molar-refractivity contribution in [3.05, 3.63) is 18.2 Å². The third-order valence-electron chi connectivity index (χ3n) is 4.76. The molecule has 1 aromatic carbocycles. The molecule has 0 aromatic heterocycles. The molecule has 1 fully saturated rings. The van der Waals surface area contributed by atoms with Crippen molar-refractivity contribution in [3.63, 3.8) is 0 Å². The Balaban J connectivity index is 2.11. The Labute approximate surface area is 160 Å². The molecule has 1 heterocycles. The maximum absolute atomic E-state index is 12.5. The Morgan fingerprint density at radius 1 is 1.22 bits per heavy atom. The quantitative estimate of drug-likeness (QED) is 0.683. The lowest BCUT2D eigenvalue weighted by Gasteiger charge is -2.27. The van der Waals surface area contributed by atoms with Crippen LogP contribution in [0.15, 0.2) is 18.2 Å². The minimum absolute atomic E-state index is 0.00459. The fraction of sp³-hybridized carbons (Fsp3) is 0.556. The number of sulfone groups is 1. The number of methoxy groups -OCH3 is 2. The van der Waals surface area contributed by atoms with E-state index in [-0.39, 0.29) is 42.3 Å². The Bertz CT molecular complexity index is 808. The molecular formula is C18H26N2O6S. The Hall–Kier alpha value is -2.29. The van der Waals surface area contributed by atoms with Crippen molar-refractivity contribution in [2.24, 2.45) is 0 Å². The number of ether oxygens (including phenoxy) is 2. The van der Waals surface area contributed by atoms with Crippen LogP contribution in [0.5, 0.6) is 11.5 Å². The highest BCUT2D eigenvalue weighted by atomic mass is 32.2. The van der Waals surface area contributed by atoms with E-state index < -0.39 is 9.84 Å². The van der Waals surface area contributed by atoms with Gasteiger partial charge in [-0.2, -0.15) is 0 Å². The third-order valence-corrected chi connectivity index (χ3v) is 6.51. The molecule has 0 bridgehead atoms. The summed E-state index contributed by atoms with van der Waals surface area (Å²) in [6.07, 6.45) is 0.525. The van der Waals surface area contributed by atoms with Gasteiger partial charge in [0.15, 0.2) is 9.84 Å². The van der Waals surface area contributed by atoms with Crippen molar-refractivity contribution in [1.82, 2.24) is 4.90 Å². The van der Waals surface area contributed by atoms with Crippen LogP contribution < -0.4 is 14.4 Å². The summed E-state index contributed by atoms with van der Waals surface area (Å²) in [5.74, 6) is 0.724. The molecule has 2 amide bonds. The standard InChI is InChI=1S/C18H26N2O6S/c1-13(21)20(16-11-15(25-3)5-6-17(16)26-4)9-7-18(22)19(2)14-8-10-27(23,24)12-14/h5-6,11,14H,7-10,12H2,1-4H3. The fourth-order valence-electron chi connectivity index (χ4n) is 3.12. The van der Waals surface area contributed by atoms with Crippen molar-refractivity contribution in [3.8, 4) is 11.5 Å². The second-order valence-electron chi connectivity index (χ2n) is 6.52. The molecule has 1 unspecified atom stereocenters. The number of hydrogen-bond donors (Lipinski definition) is 0. The fourth-order valence-corrected chi connectivity index (χ4v) is 4.90. The van der Waals surface area contributed by atoms with E-state index in [1.54, 1.807) is 25.2 Å². The van der Waals surface area contributed by atoms with Gasteiger partial charge in [-0.25, -0.2) is 8.42 Å². The summed E-state index contributed by atoms with van der Waals surface area (Å²) >= 11 is 0. The molecule has 1 atom stereocenters. The topological polar surface area (TPSA) is 93.2 Å². The summed E-state index contributed by atoms with van der Waals surface area (Å²) in [7, 11) is 1.57. The highest BCUT2D eigenvalue weighted by Gasteiger charge is 2.32. The molecule has 8 nitrogen and oxygen atoms in total. The van der Waals surface area contributed by atoms with Crippen LogP contribution in [0.1, 0.15) is 19.8 Å². The van der Waals surface area contributed by atoms with E-state index in [0.29, 0.717) is 23.6 Å². The second kappa shape index (κ2) is 8.60. The van der Waals surface area contributed by atoms with Crippen molar-refractivity contribution in [2.45, 2.75) is 25.8 Å². The van der Waals surface area contributed by atoms with Gasteiger partial charge in [0.25, 0.3) is 0 Å². The van der Waals surface area contributed by atoms with Crippen LogP contribution in [-0.2, 0) is 19.4 Å². The van der Waals surface area contributed by atoms with Gasteiger partial charge in [0.2, 0.25) is 11.8 Å². The SMILES string of the molecule is COc1ccc(OC)c(N(CCC(=O)N(C)C2CCS(=O)(=O)C2)C(C)=O)c1. The maximum atomic E-state index is 12.5. The van der Waals surface area contributed by atoms with Crippen molar-refractivity contribution < 1.29 is 27.5 Å². The number of nitrogens with zero attached hydrogens (tertiary/aromatic N) is 2. The molecule has 150 valence electrons. The number of amides is 2. The van der Waals surface area contributed by atoms with Gasteiger partial charge < -0.3 is 19.3 Å². The van der Waals surface area contributed by atoms with Crippen LogP contribution in [0.25, 0.3) is 0 Å². The molecule has 0 radical (unpaired) electrons. The molecule has 1 saturated heterocycles. The molecule has 0 spiro atoms. The van der Waals surface area contributed by atoms with Crippen molar-refractivity contribution in [2.75, 3.05) is 44.2 Å². The first kappa shape index (κ1) is 21.0. The average molecular weight is 398 g/mol. The lowest BCUT2D eigenvalue weighted by atomic mass is 10.2. The van der Waals surface area contributed by atoms with E-state index in [2.05, 4.69) is 0 Å². The normalized spacial score (nSPS) is 18.0. The first-order valence-electron chi connectivity index (χ1n) is 8.64. The molecule has 2 rings (SSSR count). The summed E-state index contributed by atoms with van der Waals surface area (Å²) < 4.78 is 33.8. The number of hydrogen-bond acceptors (Lipinski definition) is 6. The monoisotopic (exact) mass is 398 g/mol. The second-order valence-corrected chi connectivity index (χ2v) is 8.75. The first-order chi connectivity index (χ1) is 12.7. The van der Waals surface area contributed by atoms with Crippen molar-refractivity contribution in [1.29, 1.82) is 0 Å². The molecular weight excluding hydrogens is 372 g/mol. The number of anilines is 1. The van der Waals surface area contributed by atoms with E-state index in [1.807, 2.05) is 0 Å². The van der Waals surface area contributed by atoms with Gasteiger partial charge in [-0.15, -0.1) is 0 Å². The molecule has 0 aliphatic carbocycles. The lowest BCUT2D eigenvalue weighted by Crippen LogP contribution is -2.40. The van der Waals surface area contributed by atoms with E-state index >= 15 is 0 Å². The highest BCUT2D eigenvalue weighted by Crippen LogP contribution is 2.32. The predicted molar refractivity (Wildman–Crippen MR) is 102 cm³/mol. The van der Waals surface area contributed by atoms with E-state index in [9.17, 15) is 18.0 Å². The van der Waals surface area contributed by atoms with Crippen LogP contribution in [0.2, 0.25) is 0 Å². The Morgan fingerprint density at radius 2 is 1.93 bits per heavy atom. The van der Waals surface area contributed by atoms with Gasteiger partial charge in [0.1, 0.15) is 11.5 Å². The molecule has 0 N–H and O–H groups in total. The highest BCUT2D eigenvalue weighted by molar-refractivity contribution is 7.91. The van der Waals surface area contributed by atoms with E-state index in [1.165, 1.54) is 30.9 Å². The average Bonchev–Trinajstić information content (AvgIpc) is 3.00. The zero-order chi connectivity index (χ0) is 20.2. The van der Waals surface area contributed by atoms with Gasteiger partial charge >= 0.3 is 0 Å². The van der Waals surface area contributed by atoms with Gasteiger partial charge in [0, 0.05) is 39.0 Å². The van der Waals surface area contributed by atoms with Gasteiger partial charge in [-0.05, 0) is 18.6 Å². The molecule has 1 aliphatic heterocycles. The number of rotatable bonds is 7.